The number of carbonyl (C=O) groups excluding carboxylic acids is 2. The standard InChI is InChI=1S/C7H8O6/c8-5-2-1-4(12-5)3-6(9)13-7(10)11/h4H,1-3H2,(H,10,11)/t4-/m0/s1. The predicted octanol–water partition coefficient (Wildman–Crippen LogP) is 0.303. The van der Waals surface area contributed by atoms with Crippen molar-refractivity contribution in [2.75, 3.05) is 0 Å². The summed E-state index contributed by atoms with van der Waals surface area (Å²) in [6.45, 7) is 0. The molecule has 0 aromatic rings. The highest BCUT2D eigenvalue weighted by Crippen LogP contribution is 2.16. The third-order valence-corrected chi connectivity index (χ3v) is 1.56. The monoisotopic (exact) mass is 188 g/mol. The van der Waals surface area contributed by atoms with Gasteiger partial charge in [0.15, 0.2) is 0 Å². The van der Waals surface area contributed by atoms with Crippen molar-refractivity contribution in [2.45, 2.75) is 25.4 Å². The maximum Gasteiger partial charge on any atom is 0.513 e. The summed E-state index contributed by atoms with van der Waals surface area (Å²) in [7, 11) is 0. The van der Waals surface area contributed by atoms with E-state index in [0.29, 0.717) is 6.42 Å². The molecule has 1 aliphatic heterocycles. The first-order valence-electron chi connectivity index (χ1n) is 3.71. The summed E-state index contributed by atoms with van der Waals surface area (Å²) >= 11 is 0. The second-order valence-corrected chi connectivity index (χ2v) is 2.59. The molecule has 1 rings (SSSR count). The summed E-state index contributed by atoms with van der Waals surface area (Å²) in [5.74, 6) is -1.26. The van der Waals surface area contributed by atoms with Gasteiger partial charge in [0.25, 0.3) is 0 Å². The van der Waals surface area contributed by atoms with Crippen LogP contribution in [0, 0.1) is 0 Å². The fourth-order valence-corrected chi connectivity index (χ4v) is 1.05. The van der Waals surface area contributed by atoms with Gasteiger partial charge >= 0.3 is 18.1 Å². The maximum absolute atomic E-state index is 10.7. The molecule has 1 atom stereocenters. The van der Waals surface area contributed by atoms with Crippen LogP contribution in [0.4, 0.5) is 4.79 Å². The van der Waals surface area contributed by atoms with Crippen LogP contribution < -0.4 is 0 Å². The van der Waals surface area contributed by atoms with Gasteiger partial charge < -0.3 is 14.6 Å². The molecule has 0 amide bonds. The molecule has 72 valence electrons. The highest BCUT2D eigenvalue weighted by molar-refractivity contribution is 5.82. The number of cyclic esters (lactones) is 1. The molecule has 1 heterocycles. The van der Waals surface area contributed by atoms with Gasteiger partial charge in [-0.15, -0.1) is 0 Å². The van der Waals surface area contributed by atoms with Crippen molar-refractivity contribution in [3.05, 3.63) is 0 Å². The van der Waals surface area contributed by atoms with Crippen molar-refractivity contribution < 1.29 is 29.0 Å². The summed E-state index contributed by atoms with van der Waals surface area (Å²) < 4.78 is 8.51. The number of hydrogen-bond donors (Lipinski definition) is 1. The van der Waals surface area contributed by atoms with Crippen molar-refractivity contribution in [3.63, 3.8) is 0 Å². The van der Waals surface area contributed by atoms with E-state index < -0.39 is 18.2 Å². The number of hydrogen-bond acceptors (Lipinski definition) is 5. The Hall–Kier alpha value is -1.59. The lowest BCUT2D eigenvalue weighted by molar-refractivity contribution is -0.146. The van der Waals surface area contributed by atoms with E-state index in [1.54, 1.807) is 0 Å². The van der Waals surface area contributed by atoms with Crippen molar-refractivity contribution in [1.29, 1.82) is 0 Å². The largest absolute Gasteiger partial charge is 0.513 e. The number of ether oxygens (including phenoxy) is 2. The van der Waals surface area contributed by atoms with Gasteiger partial charge in [-0.25, -0.2) is 4.79 Å². The Morgan fingerprint density at radius 3 is 2.77 bits per heavy atom. The molecule has 1 N–H and O–H groups in total. The molecule has 0 radical (unpaired) electrons. The minimum absolute atomic E-state index is 0.196. The van der Waals surface area contributed by atoms with E-state index in [1.165, 1.54) is 0 Å². The Labute approximate surface area is 73.4 Å². The molecule has 0 aliphatic carbocycles. The Bertz CT molecular complexity index is 245. The summed E-state index contributed by atoms with van der Waals surface area (Å²) in [4.78, 5) is 31.2. The van der Waals surface area contributed by atoms with Crippen molar-refractivity contribution >= 4 is 18.1 Å². The summed E-state index contributed by atoms with van der Waals surface area (Å²) in [5.41, 5.74) is 0. The van der Waals surface area contributed by atoms with E-state index in [0.717, 1.165) is 0 Å². The van der Waals surface area contributed by atoms with Crippen LogP contribution >= 0.6 is 0 Å². The minimum atomic E-state index is -1.64. The van der Waals surface area contributed by atoms with Gasteiger partial charge in [-0.05, 0) is 6.42 Å². The van der Waals surface area contributed by atoms with Gasteiger partial charge in [-0.3, -0.25) is 9.59 Å². The molecule has 13 heavy (non-hydrogen) atoms. The van der Waals surface area contributed by atoms with Crippen molar-refractivity contribution in [1.82, 2.24) is 0 Å². The molecule has 0 unspecified atom stereocenters. The van der Waals surface area contributed by atoms with E-state index in [4.69, 9.17) is 5.11 Å². The van der Waals surface area contributed by atoms with Gasteiger partial charge in [0.1, 0.15) is 6.10 Å². The van der Waals surface area contributed by atoms with Crippen LogP contribution in [0.3, 0.4) is 0 Å². The lowest BCUT2D eigenvalue weighted by atomic mass is 10.2. The smallest absolute Gasteiger partial charge is 0.462 e. The van der Waals surface area contributed by atoms with Crippen LogP contribution in [0.1, 0.15) is 19.3 Å². The number of esters is 2. The normalized spacial score (nSPS) is 20.9. The zero-order valence-corrected chi connectivity index (χ0v) is 6.69. The van der Waals surface area contributed by atoms with Crippen LogP contribution in [-0.4, -0.2) is 29.3 Å². The van der Waals surface area contributed by atoms with E-state index >= 15 is 0 Å². The highest BCUT2D eigenvalue weighted by Gasteiger charge is 2.26. The molecular formula is C7H8O6. The third-order valence-electron chi connectivity index (χ3n) is 1.56. The van der Waals surface area contributed by atoms with E-state index in [9.17, 15) is 14.4 Å². The van der Waals surface area contributed by atoms with E-state index in [1.807, 2.05) is 0 Å². The van der Waals surface area contributed by atoms with Crippen LogP contribution in [-0.2, 0) is 19.1 Å². The molecule has 0 saturated carbocycles. The summed E-state index contributed by atoms with van der Waals surface area (Å²) in [6.07, 6.45) is -1.66. The van der Waals surface area contributed by atoms with Gasteiger partial charge in [-0.2, -0.15) is 0 Å². The first-order chi connectivity index (χ1) is 6.08. The second kappa shape index (κ2) is 3.88. The molecule has 6 nitrogen and oxygen atoms in total. The van der Waals surface area contributed by atoms with Gasteiger partial charge in [0.05, 0.1) is 6.42 Å². The average Bonchev–Trinajstić information content (AvgIpc) is 2.33. The third kappa shape index (κ3) is 3.10. The van der Waals surface area contributed by atoms with E-state index in [-0.39, 0.29) is 18.8 Å². The van der Waals surface area contributed by atoms with Crippen molar-refractivity contribution in [2.24, 2.45) is 0 Å². The number of carbonyl (C=O) groups is 3. The van der Waals surface area contributed by atoms with Crippen LogP contribution in [0.15, 0.2) is 0 Å². The molecule has 0 spiro atoms. The Balaban J connectivity index is 2.28. The first-order valence-corrected chi connectivity index (χ1v) is 3.71. The van der Waals surface area contributed by atoms with Crippen LogP contribution in [0.25, 0.3) is 0 Å². The van der Waals surface area contributed by atoms with Crippen molar-refractivity contribution in [3.8, 4) is 0 Å². The molecular weight excluding hydrogens is 180 g/mol. The lowest BCUT2D eigenvalue weighted by Crippen LogP contribution is -2.17. The quantitative estimate of drug-likeness (QED) is 0.495. The molecule has 0 aromatic carbocycles. The fourth-order valence-electron chi connectivity index (χ4n) is 1.05. The SMILES string of the molecule is O=C(O)OC(=O)C[C@@H]1CCC(=O)O1. The van der Waals surface area contributed by atoms with Gasteiger partial charge in [-0.1, -0.05) is 0 Å². The molecule has 1 fully saturated rings. The minimum Gasteiger partial charge on any atom is -0.462 e. The first kappa shape index (κ1) is 9.50. The molecule has 6 heteroatoms. The topological polar surface area (TPSA) is 89.9 Å². The summed E-state index contributed by atoms with van der Waals surface area (Å²) in [5, 5.41) is 8.06. The Morgan fingerprint density at radius 1 is 1.62 bits per heavy atom. The zero-order chi connectivity index (χ0) is 9.84. The Morgan fingerprint density at radius 2 is 2.31 bits per heavy atom. The molecule has 0 bridgehead atoms. The molecule has 0 aromatic heterocycles. The maximum atomic E-state index is 10.7. The Kier molecular flexibility index (Phi) is 2.84. The second-order valence-electron chi connectivity index (χ2n) is 2.59. The van der Waals surface area contributed by atoms with Crippen LogP contribution in [0.2, 0.25) is 0 Å². The lowest BCUT2D eigenvalue weighted by Gasteiger charge is -2.05. The molecule has 1 aliphatic rings. The number of carboxylic acid groups (broad SMARTS) is 1. The van der Waals surface area contributed by atoms with Gasteiger partial charge in [0.2, 0.25) is 0 Å². The zero-order valence-electron chi connectivity index (χ0n) is 6.69. The van der Waals surface area contributed by atoms with E-state index in [2.05, 4.69) is 9.47 Å². The fraction of sp³-hybridized carbons (Fsp3) is 0.571. The highest BCUT2D eigenvalue weighted by atomic mass is 16.7. The summed E-state index contributed by atoms with van der Waals surface area (Å²) in [6, 6.07) is 0. The predicted molar refractivity (Wildman–Crippen MR) is 37.8 cm³/mol. The molecule has 1 saturated heterocycles. The number of rotatable bonds is 2. The van der Waals surface area contributed by atoms with Crippen LogP contribution in [0.5, 0.6) is 0 Å². The average molecular weight is 188 g/mol. The van der Waals surface area contributed by atoms with Gasteiger partial charge in [0, 0.05) is 6.42 Å².